The molecule has 4 aromatic rings. The smallest absolute Gasteiger partial charge is 0.418 e. The Labute approximate surface area is 214 Å². The number of nitrogens with zero attached hydrogens (tertiary/aromatic N) is 3. The summed E-state index contributed by atoms with van der Waals surface area (Å²) in [7, 11) is 0. The number of hydrogen-bond acceptors (Lipinski definition) is 4. The van der Waals surface area contributed by atoms with E-state index in [0.717, 1.165) is 23.8 Å². The third-order valence-electron chi connectivity index (χ3n) is 5.15. The van der Waals surface area contributed by atoms with Gasteiger partial charge in [-0.15, -0.1) is 0 Å². The van der Waals surface area contributed by atoms with Crippen LogP contribution in [-0.2, 0) is 30.7 Å². The molecule has 36 heavy (non-hydrogen) atoms. The van der Waals surface area contributed by atoms with Gasteiger partial charge in [0.15, 0.2) is 10.6 Å². The van der Waals surface area contributed by atoms with Gasteiger partial charge >= 0.3 is 6.18 Å². The summed E-state index contributed by atoms with van der Waals surface area (Å²) in [5.74, 6) is 0.348. The molecule has 0 atom stereocenters. The number of amides is 1. The van der Waals surface area contributed by atoms with Crippen LogP contribution in [-0.4, -0.2) is 20.3 Å². The van der Waals surface area contributed by atoms with Gasteiger partial charge in [0.25, 0.3) is 0 Å². The Morgan fingerprint density at radius 3 is 2.36 bits per heavy atom. The van der Waals surface area contributed by atoms with Gasteiger partial charge in [-0.3, -0.25) is 9.36 Å². The maximum atomic E-state index is 13.4. The van der Waals surface area contributed by atoms with Crippen molar-refractivity contribution in [3.8, 4) is 5.75 Å². The number of rotatable bonds is 8. The minimum absolute atomic E-state index is 0.0578. The molecule has 1 N–H and O–H groups in total. The zero-order valence-electron chi connectivity index (χ0n) is 18.7. The first-order chi connectivity index (χ1) is 17.2. The van der Waals surface area contributed by atoms with E-state index in [0.29, 0.717) is 18.1 Å². The Hall–Kier alpha value is -3.63. The highest BCUT2D eigenvalue weighted by Crippen LogP contribution is 2.36. The van der Waals surface area contributed by atoms with Gasteiger partial charge in [0.05, 0.1) is 17.8 Å². The minimum Gasteiger partial charge on any atom is -0.486 e. The molecule has 0 saturated carbocycles. The normalized spacial score (nSPS) is 11.3. The lowest BCUT2D eigenvalue weighted by Crippen LogP contribution is -2.22. The van der Waals surface area contributed by atoms with Crippen LogP contribution in [0, 0.1) is 4.77 Å². The second-order valence-electron chi connectivity index (χ2n) is 7.77. The number of carbonyl (C=O) groups is 1. The summed E-state index contributed by atoms with van der Waals surface area (Å²) in [5.41, 5.74) is -0.495. The summed E-state index contributed by atoms with van der Waals surface area (Å²) in [5, 5.41) is 6.77. The van der Waals surface area contributed by atoms with Gasteiger partial charge in [-0.05, 0) is 48.1 Å². The first-order valence-corrected chi connectivity index (χ1v) is 11.5. The predicted molar refractivity (Wildman–Crippen MR) is 132 cm³/mol. The van der Waals surface area contributed by atoms with Crippen molar-refractivity contribution in [1.29, 1.82) is 0 Å². The molecule has 0 unspecified atom stereocenters. The van der Waals surface area contributed by atoms with E-state index >= 15 is 0 Å². The molecule has 0 bridgehead atoms. The summed E-state index contributed by atoms with van der Waals surface area (Å²) < 4.78 is 49.1. The highest BCUT2D eigenvalue weighted by atomic mass is 35.5. The van der Waals surface area contributed by atoms with Crippen molar-refractivity contribution in [2.45, 2.75) is 25.9 Å². The Morgan fingerprint density at radius 2 is 1.69 bits per heavy atom. The van der Waals surface area contributed by atoms with Crippen molar-refractivity contribution in [3.05, 3.63) is 106 Å². The predicted octanol–water partition coefficient (Wildman–Crippen LogP) is 6.35. The van der Waals surface area contributed by atoms with Crippen LogP contribution < -0.4 is 10.1 Å². The van der Waals surface area contributed by atoms with E-state index in [1.807, 2.05) is 48.5 Å². The number of anilines is 1. The highest BCUT2D eigenvalue weighted by molar-refractivity contribution is 7.71. The van der Waals surface area contributed by atoms with Crippen molar-refractivity contribution in [2.75, 3.05) is 5.32 Å². The topological polar surface area (TPSA) is 61.1 Å². The molecule has 4 rings (SSSR count). The quantitative estimate of drug-likeness (QED) is 0.269. The molecule has 0 saturated heterocycles. The number of alkyl halides is 3. The fourth-order valence-electron chi connectivity index (χ4n) is 3.48. The van der Waals surface area contributed by atoms with Crippen LogP contribution in [0.4, 0.5) is 18.9 Å². The lowest BCUT2D eigenvalue weighted by Gasteiger charge is -2.14. The van der Waals surface area contributed by atoms with Gasteiger partial charge in [-0.2, -0.15) is 18.3 Å². The first-order valence-electron chi connectivity index (χ1n) is 10.8. The van der Waals surface area contributed by atoms with Crippen molar-refractivity contribution in [3.63, 3.8) is 0 Å². The highest BCUT2D eigenvalue weighted by Gasteiger charge is 2.34. The Morgan fingerprint density at radius 1 is 1.03 bits per heavy atom. The number of para-hydroxylation sites is 1. The fraction of sp³-hybridized carbons (Fsp3) is 0.160. The van der Waals surface area contributed by atoms with E-state index in [4.69, 9.17) is 28.6 Å². The van der Waals surface area contributed by atoms with Crippen molar-refractivity contribution in [2.24, 2.45) is 0 Å². The van der Waals surface area contributed by atoms with Gasteiger partial charge in [0.2, 0.25) is 5.91 Å². The average Bonchev–Trinajstić information content (AvgIpc) is 3.12. The van der Waals surface area contributed by atoms with Gasteiger partial charge in [0, 0.05) is 5.02 Å². The SMILES string of the molecule is O=C(Cn1nc(COc2ccccc2)n(Cc2ccccc2)c1=S)Nc1cc(Cl)ccc1C(F)(F)F. The number of halogens is 4. The summed E-state index contributed by atoms with van der Waals surface area (Å²) in [6, 6.07) is 21.6. The van der Waals surface area contributed by atoms with Crippen LogP contribution in [0.2, 0.25) is 5.02 Å². The fourth-order valence-corrected chi connectivity index (χ4v) is 3.93. The number of nitrogens with one attached hydrogen (secondary N) is 1. The lowest BCUT2D eigenvalue weighted by atomic mass is 10.1. The second-order valence-corrected chi connectivity index (χ2v) is 8.57. The minimum atomic E-state index is -4.66. The Kier molecular flexibility index (Phi) is 7.76. The molecule has 0 aliphatic rings. The molecule has 6 nitrogen and oxygen atoms in total. The first kappa shape index (κ1) is 25.5. The monoisotopic (exact) mass is 532 g/mol. The third-order valence-corrected chi connectivity index (χ3v) is 5.81. The second kappa shape index (κ2) is 11.0. The van der Waals surface area contributed by atoms with E-state index in [9.17, 15) is 18.0 Å². The van der Waals surface area contributed by atoms with Crippen LogP contribution in [0.25, 0.3) is 0 Å². The Bertz CT molecular complexity index is 1410. The molecule has 1 heterocycles. The summed E-state index contributed by atoms with van der Waals surface area (Å²) >= 11 is 11.4. The van der Waals surface area contributed by atoms with Crippen molar-refractivity contribution in [1.82, 2.24) is 14.3 Å². The van der Waals surface area contributed by atoms with Crippen LogP contribution in [0.3, 0.4) is 0 Å². The van der Waals surface area contributed by atoms with Crippen LogP contribution in [0.5, 0.6) is 5.75 Å². The molecular weight excluding hydrogens is 513 g/mol. The summed E-state index contributed by atoms with van der Waals surface area (Å²) in [4.78, 5) is 12.7. The standard InChI is InChI=1S/C25H20ClF3N4O2S/c26-18-11-12-20(25(27,28)29)21(13-18)30-23(34)15-33-24(36)32(14-17-7-3-1-4-8-17)22(31-33)16-35-19-9-5-2-6-10-19/h1-13H,14-16H2,(H,30,34). The number of ether oxygens (including phenoxy) is 1. The molecule has 0 radical (unpaired) electrons. The number of carbonyl (C=O) groups excluding carboxylic acids is 1. The molecule has 0 spiro atoms. The molecule has 11 heteroatoms. The molecule has 1 amide bonds. The van der Waals surface area contributed by atoms with E-state index < -0.39 is 29.9 Å². The van der Waals surface area contributed by atoms with Gasteiger partial charge in [0.1, 0.15) is 18.9 Å². The molecular formula is C25H20ClF3N4O2S. The Balaban J connectivity index is 1.59. The molecule has 0 fully saturated rings. The van der Waals surface area contributed by atoms with E-state index in [1.165, 1.54) is 4.68 Å². The van der Waals surface area contributed by atoms with Gasteiger partial charge in [-0.1, -0.05) is 60.1 Å². The molecule has 3 aromatic carbocycles. The van der Waals surface area contributed by atoms with Gasteiger partial charge < -0.3 is 10.1 Å². The lowest BCUT2D eigenvalue weighted by molar-refractivity contribution is -0.137. The maximum absolute atomic E-state index is 13.4. The van der Waals surface area contributed by atoms with Crippen molar-refractivity contribution < 1.29 is 22.7 Å². The summed E-state index contributed by atoms with van der Waals surface area (Å²) in [6.07, 6.45) is -4.66. The van der Waals surface area contributed by atoms with E-state index in [1.54, 1.807) is 16.7 Å². The molecule has 186 valence electrons. The van der Waals surface area contributed by atoms with Crippen molar-refractivity contribution >= 4 is 35.4 Å². The summed E-state index contributed by atoms with van der Waals surface area (Å²) in [6.45, 7) is 0.0473. The zero-order valence-corrected chi connectivity index (χ0v) is 20.3. The number of benzene rings is 3. The zero-order chi connectivity index (χ0) is 25.7. The molecule has 0 aliphatic carbocycles. The largest absolute Gasteiger partial charge is 0.486 e. The van der Waals surface area contributed by atoms with Crippen LogP contribution >= 0.6 is 23.8 Å². The van der Waals surface area contributed by atoms with E-state index in [-0.39, 0.29) is 16.4 Å². The maximum Gasteiger partial charge on any atom is 0.418 e. The van der Waals surface area contributed by atoms with Crippen LogP contribution in [0.15, 0.2) is 78.9 Å². The molecule has 0 aliphatic heterocycles. The number of aromatic nitrogens is 3. The third kappa shape index (κ3) is 6.32. The van der Waals surface area contributed by atoms with Gasteiger partial charge in [-0.25, -0.2) is 4.68 Å². The molecule has 1 aromatic heterocycles. The number of hydrogen-bond donors (Lipinski definition) is 1. The van der Waals surface area contributed by atoms with Crippen LogP contribution in [0.1, 0.15) is 17.0 Å². The average molecular weight is 533 g/mol. The van der Waals surface area contributed by atoms with E-state index in [2.05, 4.69) is 10.4 Å².